The van der Waals surface area contributed by atoms with E-state index in [-0.39, 0.29) is 12.5 Å². The van der Waals surface area contributed by atoms with Crippen LogP contribution in [0.25, 0.3) is 11.1 Å². The van der Waals surface area contributed by atoms with Crippen molar-refractivity contribution in [1.29, 1.82) is 0 Å². The van der Waals surface area contributed by atoms with Crippen molar-refractivity contribution in [3.63, 3.8) is 0 Å². The molecule has 2 aromatic heterocycles. The number of nitrogens with zero attached hydrogens (tertiary/aromatic N) is 2. The topological polar surface area (TPSA) is 77.2 Å². The minimum atomic E-state index is -0.184. The highest BCUT2D eigenvalue weighted by molar-refractivity contribution is 5.84. The minimum absolute atomic E-state index is 0.0936. The molecule has 2 heterocycles. The molecule has 0 aliphatic rings. The number of carbonyl (C=O) groups is 1. The molecule has 0 unspecified atom stereocenters. The van der Waals surface area contributed by atoms with Crippen LogP contribution in [-0.2, 0) is 11.2 Å². The lowest BCUT2D eigenvalue weighted by atomic mass is 10.1. The van der Waals surface area contributed by atoms with Crippen molar-refractivity contribution >= 4 is 17.0 Å². The van der Waals surface area contributed by atoms with Crippen molar-refractivity contribution in [2.45, 2.75) is 27.2 Å². The molecule has 1 amide bonds. The zero-order valence-electron chi connectivity index (χ0n) is 14.6. The minimum Gasteiger partial charge on any atom is -0.467 e. The summed E-state index contributed by atoms with van der Waals surface area (Å²) in [5.41, 5.74) is 3.81. The average Bonchev–Trinajstić information content (AvgIpc) is 2.90. The molecule has 0 atom stereocenters. The maximum atomic E-state index is 12.0. The van der Waals surface area contributed by atoms with E-state index < -0.39 is 0 Å². The van der Waals surface area contributed by atoms with Crippen LogP contribution in [0.2, 0.25) is 0 Å². The van der Waals surface area contributed by atoms with Gasteiger partial charge in [0.1, 0.15) is 17.5 Å². The van der Waals surface area contributed by atoms with Crippen molar-refractivity contribution < 1.29 is 13.9 Å². The molecule has 0 bridgehead atoms. The first-order valence-corrected chi connectivity index (χ1v) is 8.20. The molecule has 0 fully saturated rings. The fourth-order valence-corrected chi connectivity index (χ4v) is 2.55. The van der Waals surface area contributed by atoms with Crippen LogP contribution in [0, 0.1) is 20.8 Å². The zero-order chi connectivity index (χ0) is 17.8. The first-order chi connectivity index (χ1) is 12.0. The molecule has 25 heavy (non-hydrogen) atoms. The zero-order valence-corrected chi connectivity index (χ0v) is 14.6. The van der Waals surface area contributed by atoms with E-state index in [1.54, 1.807) is 0 Å². The molecule has 0 aliphatic heterocycles. The Hall–Kier alpha value is -2.89. The molecule has 1 N–H and O–H groups in total. The molecule has 0 spiro atoms. The van der Waals surface area contributed by atoms with Crippen LogP contribution >= 0.6 is 0 Å². The van der Waals surface area contributed by atoms with E-state index in [0.717, 1.165) is 17.7 Å². The number of amides is 1. The Morgan fingerprint density at radius 3 is 2.68 bits per heavy atom. The molecule has 0 saturated carbocycles. The van der Waals surface area contributed by atoms with Gasteiger partial charge >= 0.3 is 0 Å². The van der Waals surface area contributed by atoms with Crippen LogP contribution < -0.4 is 10.1 Å². The van der Waals surface area contributed by atoms with Crippen LogP contribution in [0.5, 0.6) is 5.88 Å². The predicted octanol–water partition coefficient (Wildman–Crippen LogP) is 2.89. The largest absolute Gasteiger partial charge is 0.467 e. The maximum Gasteiger partial charge on any atom is 0.258 e. The fraction of sp³-hybridized carbons (Fsp3) is 0.316. The smallest absolute Gasteiger partial charge is 0.258 e. The van der Waals surface area contributed by atoms with Crippen molar-refractivity contribution in [2.75, 3.05) is 13.2 Å². The monoisotopic (exact) mass is 339 g/mol. The Labute approximate surface area is 146 Å². The molecular formula is C19H21N3O3. The van der Waals surface area contributed by atoms with E-state index in [0.29, 0.717) is 23.5 Å². The number of carbonyl (C=O) groups excluding carboxylic acids is 1. The van der Waals surface area contributed by atoms with Gasteiger partial charge in [0.15, 0.2) is 6.61 Å². The van der Waals surface area contributed by atoms with Gasteiger partial charge in [-0.15, -0.1) is 0 Å². The van der Waals surface area contributed by atoms with Crippen molar-refractivity contribution in [3.05, 3.63) is 53.0 Å². The summed E-state index contributed by atoms with van der Waals surface area (Å²) in [4.78, 5) is 20.2. The van der Waals surface area contributed by atoms with Gasteiger partial charge in [0, 0.05) is 12.1 Å². The van der Waals surface area contributed by atoms with Gasteiger partial charge < -0.3 is 14.5 Å². The molecule has 3 aromatic rings. The number of aryl methyl sites for hydroxylation is 3. The Bertz CT molecular complexity index is 885. The summed E-state index contributed by atoms with van der Waals surface area (Å²) in [6, 6.07) is 8.27. The summed E-state index contributed by atoms with van der Waals surface area (Å²) in [6.07, 6.45) is 2.15. The Kier molecular flexibility index (Phi) is 4.97. The second-order valence-electron chi connectivity index (χ2n) is 6.02. The quantitative estimate of drug-likeness (QED) is 0.747. The summed E-state index contributed by atoms with van der Waals surface area (Å²) in [5, 5.41) is 3.57. The van der Waals surface area contributed by atoms with Crippen LogP contribution in [0.1, 0.15) is 22.5 Å². The van der Waals surface area contributed by atoms with Gasteiger partial charge in [-0.1, -0.05) is 29.8 Å². The Morgan fingerprint density at radius 1 is 1.16 bits per heavy atom. The third-order valence-corrected chi connectivity index (χ3v) is 4.13. The molecule has 6 nitrogen and oxygen atoms in total. The number of hydrogen-bond acceptors (Lipinski definition) is 5. The normalized spacial score (nSPS) is 10.8. The third-order valence-electron chi connectivity index (χ3n) is 4.13. The Morgan fingerprint density at radius 2 is 1.92 bits per heavy atom. The molecule has 130 valence electrons. The van der Waals surface area contributed by atoms with Crippen molar-refractivity contribution in [1.82, 2.24) is 15.3 Å². The van der Waals surface area contributed by atoms with Crippen LogP contribution in [-0.4, -0.2) is 29.0 Å². The standard InChI is InChI=1S/C19H21N3O3/c1-12-4-6-15(7-5-12)8-9-20-16(23)10-24-18-17-13(2)14(3)25-19(17)22-11-21-18/h4-7,11H,8-10H2,1-3H3,(H,20,23). The van der Waals surface area contributed by atoms with Gasteiger partial charge in [0.25, 0.3) is 5.91 Å². The highest BCUT2D eigenvalue weighted by Crippen LogP contribution is 2.29. The van der Waals surface area contributed by atoms with E-state index >= 15 is 0 Å². The number of rotatable bonds is 6. The highest BCUT2D eigenvalue weighted by Gasteiger charge is 2.15. The number of ether oxygens (including phenoxy) is 1. The maximum absolute atomic E-state index is 12.0. The molecule has 1 aromatic carbocycles. The van der Waals surface area contributed by atoms with E-state index in [2.05, 4.69) is 46.5 Å². The lowest BCUT2D eigenvalue weighted by Crippen LogP contribution is -2.30. The molecular weight excluding hydrogens is 318 g/mol. The fourth-order valence-electron chi connectivity index (χ4n) is 2.55. The molecule has 6 heteroatoms. The highest BCUT2D eigenvalue weighted by atomic mass is 16.5. The second kappa shape index (κ2) is 7.34. The van der Waals surface area contributed by atoms with Crippen molar-refractivity contribution in [2.24, 2.45) is 0 Å². The van der Waals surface area contributed by atoms with Crippen LogP contribution in [0.15, 0.2) is 35.0 Å². The first-order valence-electron chi connectivity index (χ1n) is 8.20. The van der Waals surface area contributed by atoms with E-state index in [4.69, 9.17) is 9.15 Å². The summed E-state index contributed by atoms with van der Waals surface area (Å²) < 4.78 is 11.1. The summed E-state index contributed by atoms with van der Waals surface area (Å²) in [7, 11) is 0. The molecule has 0 aliphatic carbocycles. The number of benzene rings is 1. The molecule has 0 saturated heterocycles. The lowest BCUT2D eigenvalue weighted by Gasteiger charge is -2.08. The van der Waals surface area contributed by atoms with Gasteiger partial charge in [-0.2, -0.15) is 0 Å². The first kappa shape index (κ1) is 17.0. The SMILES string of the molecule is Cc1ccc(CCNC(=O)COc2ncnc3oc(C)c(C)c23)cc1. The number of aromatic nitrogens is 2. The van der Waals surface area contributed by atoms with Crippen LogP contribution in [0.4, 0.5) is 0 Å². The van der Waals surface area contributed by atoms with Crippen molar-refractivity contribution in [3.8, 4) is 5.88 Å². The number of fused-ring (bicyclic) bond motifs is 1. The number of nitrogens with one attached hydrogen (secondary N) is 1. The van der Waals surface area contributed by atoms with Gasteiger partial charge in [0.05, 0.1) is 0 Å². The molecule has 3 rings (SSSR count). The lowest BCUT2D eigenvalue weighted by molar-refractivity contribution is -0.123. The van der Waals surface area contributed by atoms with Gasteiger partial charge in [-0.05, 0) is 32.8 Å². The predicted molar refractivity (Wildman–Crippen MR) is 94.7 cm³/mol. The second-order valence-corrected chi connectivity index (χ2v) is 6.02. The van der Waals surface area contributed by atoms with E-state index in [1.807, 2.05) is 13.8 Å². The van der Waals surface area contributed by atoms with Crippen LogP contribution in [0.3, 0.4) is 0 Å². The summed E-state index contributed by atoms with van der Waals surface area (Å²) in [6.45, 7) is 6.30. The van der Waals surface area contributed by atoms with Gasteiger partial charge in [-0.3, -0.25) is 4.79 Å². The summed E-state index contributed by atoms with van der Waals surface area (Å²) in [5.74, 6) is 0.952. The number of hydrogen-bond donors (Lipinski definition) is 1. The van der Waals surface area contributed by atoms with E-state index in [1.165, 1.54) is 17.5 Å². The Balaban J connectivity index is 1.53. The third kappa shape index (κ3) is 3.96. The molecule has 0 radical (unpaired) electrons. The van der Waals surface area contributed by atoms with Gasteiger partial charge in [-0.25, -0.2) is 9.97 Å². The number of furan rings is 1. The van der Waals surface area contributed by atoms with E-state index in [9.17, 15) is 4.79 Å². The average molecular weight is 339 g/mol. The van der Waals surface area contributed by atoms with Gasteiger partial charge in [0.2, 0.25) is 11.6 Å². The summed E-state index contributed by atoms with van der Waals surface area (Å²) >= 11 is 0.